The number of benzene rings is 2. The maximum absolute atomic E-state index is 14.8. The molecule has 29 heavy (non-hydrogen) atoms. The van der Waals surface area contributed by atoms with Crippen molar-refractivity contribution in [2.45, 2.75) is 32.9 Å². The fraction of sp³-hybridized carbons (Fsp3) is 0.364. The Morgan fingerprint density at radius 2 is 1.86 bits per heavy atom. The first-order chi connectivity index (χ1) is 13.9. The molecule has 0 spiro atoms. The van der Waals surface area contributed by atoms with Crippen molar-refractivity contribution < 1.29 is 18.7 Å². The van der Waals surface area contributed by atoms with E-state index in [0.29, 0.717) is 36.4 Å². The van der Waals surface area contributed by atoms with Gasteiger partial charge in [0.2, 0.25) is 5.91 Å². The summed E-state index contributed by atoms with van der Waals surface area (Å²) in [6.07, 6.45) is 0.576. The van der Waals surface area contributed by atoms with E-state index in [1.54, 1.807) is 37.4 Å². The van der Waals surface area contributed by atoms with E-state index < -0.39 is 17.8 Å². The number of methoxy groups -OCH3 is 1. The molecule has 1 heterocycles. The van der Waals surface area contributed by atoms with Crippen molar-refractivity contribution in [2.24, 2.45) is 5.92 Å². The molecule has 0 saturated carbocycles. The van der Waals surface area contributed by atoms with Gasteiger partial charge in [-0.05, 0) is 60.3 Å². The van der Waals surface area contributed by atoms with Gasteiger partial charge in [0, 0.05) is 12.1 Å². The number of halogens is 1. The molecule has 2 aromatic carbocycles. The highest BCUT2D eigenvalue weighted by molar-refractivity contribution is 6.01. The molecule has 154 valence electrons. The lowest BCUT2D eigenvalue weighted by molar-refractivity contribution is -0.118. The van der Waals surface area contributed by atoms with Gasteiger partial charge in [-0.2, -0.15) is 0 Å². The Hall–Kier alpha value is -2.93. The number of hydrogen-bond acceptors (Lipinski definition) is 4. The van der Waals surface area contributed by atoms with Crippen LogP contribution in [0.15, 0.2) is 36.4 Å². The van der Waals surface area contributed by atoms with Crippen LogP contribution >= 0.6 is 0 Å². The van der Waals surface area contributed by atoms with Crippen LogP contribution in [0.2, 0.25) is 0 Å². The van der Waals surface area contributed by atoms with Crippen LogP contribution in [0.1, 0.15) is 35.3 Å². The normalized spacial score (nSPS) is 14.1. The van der Waals surface area contributed by atoms with E-state index in [0.717, 1.165) is 5.56 Å². The fourth-order valence-corrected chi connectivity index (χ4v) is 3.34. The van der Waals surface area contributed by atoms with Crippen molar-refractivity contribution >= 4 is 17.5 Å². The Morgan fingerprint density at radius 1 is 1.14 bits per heavy atom. The summed E-state index contributed by atoms with van der Waals surface area (Å²) in [5.74, 6) is -0.769. The summed E-state index contributed by atoms with van der Waals surface area (Å²) in [4.78, 5) is 25.4. The van der Waals surface area contributed by atoms with Crippen molar-refractivity contribution in [3.8, 4) is 5.75 Å². The van der Waals surface area contributed by atoms with Crippen LogP contribution in [0.5, 0.6) is 5.75 Å². The van der Waals surface area contributed by atoms with Crippen LogP contribution in [0.4, 0.5) is 10.1 Å². The van der Waals surface area contributed by atoms with E-state index in [9.17, 15) is 14.0 Å². The number of ether oxygens (including phenoxy) is 1. The summed E-state index contributed by atoms with van der Waals surface area (Å²) >= 11 is 0. The van der Waals surface area contributed by atoms with Gasteiger partial charge in [0.15, 0.2) is 0 Å². The van der Waals surface area contributed by atoms with Crippen molar-refractivity contribution in [1.82, 2.24) is 10.6 Å². The van der Waals surface area contributed by atoms with Gasteiger partial charge in [-0.15, -0.1) is 0 Å². The predicted molar refractivity (Wildman–Crippen MR) is 110 cm³/mol. The Balaban J connectivity index is 1.73. The summed E-state index contributed by atoms with van der Waals surface area (Å²) in [6.45, 7) is 4.97. The average Bonchev–Trinajstić information content (AvgIpc) is 2.73. The van der Waals surface area contributed by atoms with Gasteiger partial charge < -0.3 is 20.7 Å². The lowest BCUT2D eigenvalue weighted by Gasteiger charge is -2.23. The smallest absolute Gasteiger partial charge is 0.251 e. The van der Waals surface area contributed by atoms with Crippen LogP contribution in [0.25, 0.3) is 0 Å². The van der Waals surface area contributed by atoms with Gasteiger partial charge in [-0.1, -0.05) is 19.9 Å². The van der Waals surface area contributed by atoms with Gasteiger partial charge in [0.05, 0.1) is 12.8 Å². The Morgan fingerprint density at radius 3 is 2.52 bits per heavy atom. The maximum Gasteiger partial charge on any atom is 0.251 e. The predicted octanol–water partition coefficient (Wildman–Crippen LogP) is 2.87. The molecule has 1 aliphatic rings. The largest absolute Gasteiger partial charge is 0.497 e. The second-order valence-electron chi connectivity index (χ2n) is 7.40. The van der Waals surface area contributed by atoms with Crippen molar-refractivity contribution in [3.05, 3.63) is 58.9 Å². The molecule has 0 aliphatic carbocycles. The molecule has 0 fully saturated rings. The van der Waals surface area contributed by atoms with Crippen LogP contribution < -0.4 is 20.7 Å². The zero-order valence-corrected chi connectivity index (χ0v) is 16.8. The van der Waals surface area contributed by atoms with Gasteiger partial charge in [0.25, 0.3) is 5.91 Å². The zero-order chi connectivity index (χ0) is 21.0. The standard InChI is InChI=1S/C22H26FN3O3/c1-13(2)20(26-21(27)14-4-7-16(29-3)8-5-14)22(28)25-18-9-6-15-12-24-11-10-17(15)19(18)23/h4-9,13,20,24H,10-12H2,1-3H3,(H,25,28)(H,26,27). The van der Waals surface area contributed by atoms with E-state index in [2.05, 4.69) is 16.0 Å². The quantitative estimate of drug-likeness (QED) is 0.698. The van der Waals surface area contributed by atoms with Crippen molar-refractivity contribution in [2.75, 3.05) is 19.0 Å². The van der Waals surface area contributed by atoms with E-state index in [-0.39, 0.29) is 17.5 Å². The molecule has 2 aromatic rings. The summed E-state index contributed by atoms with van der Waals surface area (Å²) in [7, 11) is 1.55. The highest BCUT2D eigenvalue weighted by Crippen LogP contribution is 2.25. The lowest BCUT2D eigenvalue weighted by Crippen LogP contribution is -2.47. The second kappa shape index (κ2) is 9.05. The van der Waals surface area contributed by atoms with Gasteiger partial charge in [-0.3, -0.25) is 9.59 Å². The molecule has 0 bridgehead atoms. The Kier molecular flexibility index (Phi) is 6.49. The van der Waals surface area contributed by atoms with Crippen LogP contribution in [0.3, 0.4) is 0 Å². The van der Waals surface area contributed by atoms with Gasteiger partial charge in [0.1, 0.15) is 17.6 Å². The molecule has 6 nitrogen and oxygen atoms in total. The van der Waals surface area contributed by atoms with Gasteiger partial charge >= 0.3 is 0 Å². The number of nitrogens with one attached hydrogen (secondary N) is 3. The Labute approximate surface area is 169 Å². The van der Waals surface area contributed by atoms with E-state index in [1.807, 2.05) is 19.9 Å². The summed E-state index contributed by atoms with van der Waals surface area (Å²) in [6, 6.07) is 9.19. The molecular formula is C22H26FN3O3. The van der Waals surface area contributed by atoms with E-state index in [4.69, 9.17) is 4.74 Å². The third-order valence-corrected chi connectivity index (χ3v) is 5.05. The average molecular weight is 399 g/mol. The molecule has 1 unspecified atom stereocenters. The highest BCUT2D eigenvalue weighted by atomic mass is 19.1. The molecular weight excluding hydrogens is 373 g/mol. The number of amides is 2. The van der Waals surface area contributed by atoms with Crippen LogP contribution in [-0.2, 0) is 17.8 Å². The minimum absolute atomic E-state index is 0.139. The first-order valence-corrected chi connectivity index (χ1v) is 9.67. The van der Waals surface area contributed by atoms with Crippen LogP contribution in [0, 0.1) is 11.7 Å². The molecule has 1 atom stereocenters. The monoisotopic (exact) mass is 399 g/mol. The molecule has 3 rings (SSSR count). The molecule has 3 N–H and O–H groups in total. The number of carbonyl (C=O) groups is 2. The fourth-order valence-electron chi connectivity index (χ4n) is 3.34. The Bertz CT molecular complexity index is 897. The topological polar surface area (TPSA) is 79.5 Å². The SMILES string of the molecule is COc1ccc(C(=O)NC(C(=O)Nc2ccc3c(c2F)CCNC3)C(C)C)cc1. The molecule has 1 aliphatic heterocycles. The molecule has 0 aromatic heterocycles. The molecule has 0 radical (unpaired) electrons. The first-order valence-electron chi connectivity index (χ1n) is 9.67. The number of fused-ring (bicyclic) bond motifs is 1. The first kappa shape index (κ1) is 20.8. The van der Waals surface area contributed by atoms with Gasteiger partial charge in [-0.25, -0.2) is 4.39 Å². The lowest BCUT2D eigenvalue weighted by atomic mass is 9.99. The highest BCUT2D eigenvalue weighted by Gasteiger charge is 2.26. The van der Waals surface area contributed by atoms with Crippen molar-refractivity contribution in [3.63, 3.8) is 0 Å². The summed E-state index contributed by atoms with van der Waals surface area (Å²) < 4.78 is 19.9. The zero-order valence-electron chi connectivity index (χ0n) is 16.8. The minimum Gasteiger partial charge on any atom is -0.497 e. The number of rotatable bonds is 6. The minimum atomic E-state index is -0.804. The summed E-state index contributed by atoms with van der Waals surface area (Å²) in [5.41, 5.74) is 2.08. The molecule has 7 heteroatoms. The van der Waals surface area contributed by atoms with Crippen molar-refractivity contribution in [1.29, 1.82) is 0 Å². The molecule has 2 amide bonds. The summed E-state index contributed by atoms with van der Waals surface area (Å²) in [5, 5.41) is 8.59. The molecule has 0 saturated heterocycles. The van der Waals surface area contributed by atoms with E-state index >= 15 is 0 Å². The third-order valence-electron chi connectivity index (χ3n) is 5.05. The van der Waals surface area contributed by atoms with E-state index in [1.165, 1.54) is 0 Å². The van der Waals surface area contributed by atoms with Crippen LogP contribution in [-0.4, -0.2) is 31.5 Å². The maximum atomic E-state index is 14.8. The third kappa shape index (κ3) is 4.74. The second-order valence-corrected chi connectivity index (χ2v) is 7.40. The number of anilines is 1. The number of carbonyl (C=O) groups excluding carboxylic acids is 2. The number of hydrogen-bond donors (Lipinski definition) is 3.